The van der Waals surface area contributed by atoms with Crippen LogP contribution in [0.5, 0.6) is 11.5 Å². The number of benzene rings is 1. The predicted molar refractivity (Wildman–Crippen MR) is 75.7 cm³/mol. The van der Waals surface area contributed by atoms with Crippen molar-refractivity contribution >= 4 is 5.88 Å². The summed E-state index contributed by atoms with van der Waals surface area (Å²) in [6, 6.07) is 9.35. The van der Waals surface area contributed by atoms with Gasteiger partial charge in [0, 0.05) is 18.0 Å². The third-order valence-electron chi connectivity index (χ3n) is 3.31. The van der Waals surface area contributed by atoms with Gasteiger partial charge in [-0.05, 0) is 29.8 Å². The maximum Gasteiger partial charge on any atom is 0.231 e. The maximum absolute atomic E-state index is 5.93. The van der Waals surface area contributed by atoms with E-state index in [1.807, 2.05) is 30.3 Å². The fourth-order valence-electron chi connectivity index (χ4n) is 2.33. The van der Waals surface area contributed by atoms with Crippen LogP contribution in [0.25, 0.3) is 22.4 Å². The third-order valence-corrected chi connectivity index (χ3v) is 3.31. The highest BCUT2D eigenvalue weighted by Crippen LogP contribution is 2.41. The maximum atomic E-state index is 5.93. The van der Waals surface area contributed by atoms with Gasteiger partial charge in [-0.2, -0.15) is 0 Å². The first-order valence-electron chi connectivity index (χ1n) is 6.38. The van der Waals surface area contributed by atoms with Crippen LogP contribution in [0.3, 0.4) is 0 Å². The molecular formula is C15H11N3O3. The molecule has 0 saturated carbocycles. The van der Waals surface area contributed by atoms with Crippen LogP contribution in [0.4, 0.5) is 5.88 Å². The van der Waals surface area contributed by atoms with Gasteiger partial charge in [0.25, 0.3) is 0 Å². The fourth-order valence-corrected chi connectivity index (χ4v) is 2.33. The summed E-state index contributed by atoms with van der Waals surface area (Å²) >= 11 is 0. The molecule has 104 valence electrons. The highest BCUT2D eigenvalue weighted by Gasteiger charge is 2.21. The van der Waals surface area contributed by atoms with E-state index < -0.39 is 0 Å². The molecule has 3 heterocycles. The number of nitrogen functional groups attached to an aromatic ring is 1. The molecule has 4 rings (SSSR count). The number of anilines is 1. The van der Waals surface area contributed by atoms with E-state index in [0.29, 0.717) is 11.4 Å². The first kappa shape index (κ1) is 11.8. The van der Waals surface area contributed by atoms with Crippen molar-refractivity contribution in [2.24, 2.45) is 0 Å². The normalized spacial score (nSPS) is 12.6. The van der Waals surface area contributed by atoms with Crippen LogP contribution in [0, 0.1) is 0 Å². The monoisotopic (exact) mass is 281 g/mol. The van der Waals surface area contributed by atoms with Gasteiger partial charge in [0.1, 0.15) is 5.69 Å². The Morgan fingerprint density at radius 2 is 1.95 bits per heavy atom. The number of hydrogen-bond donors (Lipinski definition) is 1. The Kier molecular flexibility index (Phi) is 2.53. The Hall–Kier alpha value is -3.02. The average Bonchev–Trinajstić information content (AvgIpc) is 3.13. The summed E-state index contributed by atoms with van der Waals surface area (Å²) in [4.78, 5) is 4.10. The fraction of sp³-hybridized carbons (Fsp3) is 0.0667. The Morgan fingerprint density at radius 1 is 1.05 bits per heavy atom. The Balaban J connectivity index is 1.87. The molecule has 0 spiro atoms. The van der Waals surface area contributed by atoms with Gasteiger partial charge in [0.2, 0.25) is 12.7 Å². The summed E-state index contributed by atoms with van der Waals surface area (Å²) in [6.07, 6.45) is 3.42. The molecule has 0 fully saturated rings. The minimum absolute atomic E-state index is 0.230. The van der Waals surface area contributed by atoms with E-state index >= 15 is 0 Å². The van der Waals surface area contributed by atoms with Crippen molar-refractivity contribution in [3.63, 3.8) is 0 Å². The van der Waals surface area contributed by atoms with Crippen LogP contribution in [0.1, 0.15) is 0 Å². The Labute approximate surface area is 120 Å². The number of nitrogens with two attached hydrogens (primary N) is 1. The lowest BCUT2D eigenvalue weighted by atomic mass is 10.0. The number of pyridine rings is 1. The topological polar surface area (TPSA) is 83.4 Å². The van der Waals surface area contributed by atoms with Crippen molar-refractivity contribution in [2.45, 2.75) is 0 Å². The molecular weight excluding hydrogens is 270 g/mol. The first-order valence-corrected chi connectivity index (χ1v) is 6.38. The van der Waals surface area contributed by atoms with E-state index in [-0.39, 0.29) is 12.7 Å². The van der Waals surface area contributed by atoms with Gasteiger partial charge in [0.05, 0.1) is 5.56 Å². The molecule has 6 nitrogen and oxygen atoms in total. The summed E-state index contributed by atoms with van der Waals surface area (Å²) in [5, 5.41) is 4.04. The van der Waals surface area contributed by atoms with Crippen LogP contribution in [0.2, 0.25) is 0 Å². The first-order chi connectivity index (χ1) is 10.3. The molecule has 0 bridgehead atoms. The van der Waals surface area contributed by atoms with Crippen molar-refractivity contribution in [1.29, 1.82) is 0 Å². The molecule has 2 N–H and O–H groups in total. The molecule has 21 heavy (non-hydrogen) atoms. The van der Waals surface area contributed by atoms with Crippen LogP contribution >= 0.6 is 0 Å². The zero-order chi connectivity index (χ0) is 14.2. The van der Waals surface area contributed by atoms with Crippen LogP contribution in [-0.2, 0) is 0 Å². The molecule has 1 aromatic carbocycles. The lowest BCUT2D eigenvalue weighted by Crippen LogP contribution is -1.92. The quantitative estimate of drug-likeness (QED) is 0.777. The lowest BCUT2D eigenvalue weighted by Gasteiger charge is -2.04. The van der Waals surface area contributed by atoms with Gasteiger partial charge in [-0.1, -0.05) is 11.2 Å². The highest BCUT2D eigenvalue weighted by molar-refractivity contribution is 5.87. The van der Waals surface area contributed by atoms with Gasteiger partial charge in [-0.3, -0.25) is 4.98 Å². The molecule has 0 unspecified atom stereocenters. The molecule has 0 radical (unpaired) electrons. The second kappa shape index (κ2) is 4.52. The van der Waals surface area contributed by atoms with E-state index in [1.165, 1.54) is 0 Å². The van der Waals surface area contributed by atoms with E-state index in [0.717, 1.165) is 22.4 Å². The molecule has 2 aromatic heterocycles. The Morgan fingerprint density at radius 3 is 2.81 bits per heavy atom. The average molecular weight is 281 g/mol. The second-order valence-corrected chi connectivity index (χ2v) is 4.58. The number of rotatable bonds is 2. The minimum atomic E-state index is 0.230. The number of ether oxygens (including phenoxy) is 2. The van der Waals surface area contributed by atoms with E-state index in [2.05, 4.69) is 10.1 Å². The number of aromatic nitrogens is 2. The molecule has 0 aliphatic carbocycles. The van der Waals surface area contributed by atoms with E-state index in [9.17, 15) is 0 Å². The molecule has 0 atom stereocenters. The summed E-state index contributed by atoms with van der Waals surface area (Å²) < 4.78 is 15.9. The number of nitrogens with zero attached hydrogens (tertiary/aromatic N) is 2. The van der Waals surface area contributed by atoms with Crippen LogP contribution in [0.15, 0.2) is 47.2 Å². The van der Waals surface area contributed by atoms with Gasteiger partial charge < -0.3 is 19.7 Å². The van der Waals surface area contributed by atoms with Crippen molar-refractivity contribution in [2.75, 3.05) is 12.5 Å². The summed E-state index contributed by atoms with van der Waals surface area (Å²) in [7, 11) is 0. The smallest absolute Gasteiger partial charge is 0.231 e. The number of fused-ring (bicyclic) bond motifs is 1. The molecule has 1 aliphatic heterocycles. The van der Waals surface area contributed by atoms with Gasteiger partial charge in [-0.15, -0.1) is 0 Å². The van der Waals surface area contributed by atoms with Crippen LogP contribution < -0.4 is 15.2 Å². The van der Waals surface area contributed by atoms with Crippen molar-refractivity contribution in [1.82, 2.24) is 10.1 Å². The molecule has 6 heteroatoms. The molecule has 1 aliphatic rings. The minimum Gasteiger partial charge on any atom is -0.454 e. The van der Waals surface area contributed by atoms with Crippen LogP contribution in [-0.4, -0.2) is 16.9 Å². The lowest BCUT2D eigenvalue weighted by molar-refractivity contribution is 0.174. The largest absolute Gasteiger partial charge is 0.454 e. The van der Waals surface area contributed by atoms with Crippen molar-refractivity contribution in [3.05, 3.63) is 42.7 Å². The zero-order valence-electron chi connectivity index (χ0n) is 10.9. The SMILES string of the molecule is Nc1onc(-c2cccnc2)c1-c1ccc2c(c1)OCO2. The summed E-state index contributed by atoms with van der Waals surface area (Å²) in [5.74, 6) is 1.66. The standard InChI is InChI=1S/C15H11N3O3/c16-15-13(9-3-4-11-12(6-9)20-8-19-11)14(18-21-15)10-2-1-5-17-7-10/h1-7H,8,16H2. The molecule has 0 saturated heterocycles. The van der Waals surface area contributed by atoms with Gasteiger partial charge in [-0.25, -0.2) is 0 Å². The predicted octanol–water partition coefficient (Wildman–Crippen LogP) is 2.71. The summed E-state index contributed by atoms with van der Waals surface area (Å²) in [6.45, 7) is 0.230. The van der Waals surface area contributed by atoms with E-state index in [4.69, 9.17) is 19.7 Å². The highest BCUT2D eigenvalue weighted by atomic mass is 16.7. The number of hydrogen-bond acceptors (Lipinski definition) is 6. The molecule has 0 amide bonds. The second-order valence-electron chi connectivity index (χ2n) is 4.58. The van der Waals surface area contributed by atoms with Crippen molar-refractivity contribution < 1.29 is 14.0 Å². The zero-order valence-corrected chi connectivity index (χ0v) is 10.9. The van der Waals surface area contributed by atoms with Crippen molar-refractivity contribution in [3.8, 4) is 33.9 Å². The third kappa shape index (κ3) is 1.88. The molecule has 3 aromatic rings. The van der Waals surface area contributed by atoms with Gasteiger partial charge in [0.15, 0.2) is 11.5 Å². The summed E-state index contributed by atoms with van der Waals surface area (Å²) in [5.41, 5.74) is 9.01. The Bertz CT molecular complexity index is 799. The van der Waals surface area contributed by atoms with Gasteiger partial charge >= 0.3 is 0 Å². The van der Waals surface area contributed by atoms with E-state index in [1.54, 1.807) is 12.4 Å².